The lowest BCUT2D eigenvalue weighted by Crippen LogP contribution is -2.52. The summed E-state index contributed by atoms with van der Waals surface area (Å²) in [5, 5.41) is 6.24. The number of rotatable bonds is 21. The van der Waals surface area contributed by atoms with Gasteiger partial charge in [-0.1, -0.05) is 37.3 Å². The van der Waals surface area contributed by atoms with Gasteiger partial charge in [0.05, 0.1) is 34.7 Å². The first-order valence-electron chi connectivity index (χ1n) is 22.4. The molecule has 0 saturated carbocycles. The van der Waals surface area contributed by atoms with Crippen molar-refractivity contribution in [2.45, 2.75) is 92.3 Å². The molecule has 66 heavy (non-hydrogen) atoms. The SMILES string of the molecule is [C-]#[N+]c1ccc(N2C(=O)C(C)(C)N(c3ccc(OCCCCOCCCOCC(=O)NCC(C)(C)C(=O)N4C[C@H](C)C[C@H]4C(=O)NCc4ccc(-c5scnc5C)cc4)cc3)C2=S)cc1C. The minimum absolute atomic E-state index is 0.117. The molecule has 0 spiro atoms. The molecule has 2 atom stereocenters. The van der Waals surface area contributed by atoms with E-state index in [1.165, 1.54) is 4.90 Å². The first-order chi connectivity index (χ1) is 31.5. The third-order valence-corrected chi connectivity index (χ3v) is 13.2. The molecule has 6 rings (SSSR count). The Bertz CT molecular complexity index is 2410. The Balaban J connectivity index is 0.818. The van der Waals surface area contributed by atoms with Crippen LogP contribution in [0.25, 0.3) is 15.3 Å². The average Bonchev–Trinajstić information content (AvgIpc) is 3.96. The van der Waals surface area contributed by atoms with Crippen molar-refractivity contribution in [3.05, 3.63) is 100 Å². The Morgan fingerprint density at radius 1 is 0.939 bits per heavy atom. The molecule has 0 bridgehead atoms. The number of ether oxygens (including phenoxy) is 3. The van der Waals surface area contributed by atoms with Gasteiger partial charge in [-0.2, -0.15) is 0 Å². The highest BCUT2D eigenvalue weighted by molar-refractivity contribution is 7.81. The van der Waals surface area contributed by atoms with Gasteiger partial charge in [-0.3, -0.25) is 24.1 Å². The van der Waals surface area contributed by atoms with Gasteiger partial charge >= 0.3 is 0 Å². The molecule has 14 nitrogen and oxygen atoms in total. The van der Waals surface area contributed by atoms with Crippen LogP contribution < -0.4 is 25.2 Å². The summed E-state index contributed by atoms with van der Waals surface area (Å²) in [4.78, 5) is 67.4. The van der Waals surface area contributed by atoms with Gasteiger partial charge in [0.25, 0.3) is 5.91 Å². The van der Waals surface area contributed by atoms with Gasteiger partial charge in [0.15, 0.2) is 10.8 Å². The normalized spacial score (nSPS) is 17.0. The highest BCUT2D eigenvalue weighted by Crippen LogP contribution is 2.38. The molecule has 2 fully saturated rings. The van der Waals surface area contributed by atoms with Crippen molar-refractivity contribution in [3.8, 4) is 16.2 Å². The van der Waals surface area contributed by atoms with Crippen LogP contribution in [0.3, 0.4) is 0 Å². The van der Waals surface area contributed by atoms with E-state index < -0.39 is 17.0 Å². The quantitative estimate of drug-likeness (QED) is 0.0477. The number of carbonyl (C=O) groups is 4. The van der Waals surface area contributed by atoms with E-state index in [-0.39, 0.29) is 42.7 Å². The van der Waals surface area contributed by atoms with Gasteiger partial charge in [0.1, 0.15) is 23.9 Å². The fourth-order valence-corrected chi connectivity index (χ4v) is 9.43. The van der Waals surface area contributed by atoms with E-state index in [2.05, 4.69) is 20.5 Å². The average molecular weight is 936 g/mol. The Labute approximate surface area is 397 Å². The summed E-state index contributed by atoms with van der Waals surface area (Å²) in [5.41, 5.74) is 5.78. The maximum atomic E-state index is 13.8. The molecule has 1 aromatic heterocycles. The molecule has 2 saturated heterocycles. The number of unbranched alkanes of at least 4 members (excludes halogenated alkanes) is 1. The number of thiazole rings is 1. The van der Waals surface area contributed by atoms with E-state index in [0.29, 0.717) is 74.6 Å². The number of hydrogen-bond donors (Lipinski definition) is 2. The zero-order valence-electron chi connectivity index (χ0n) is 39.0. The number of nitrogens with one attached hydrogen (secondary N) is 2. The Morgan fingerprint density at radius 3 is 2.30 bits per heavy atom. The van der Waals surface area contributed by atoms with Crippen molar-refractivity contribution in [2.75, 3.05) is 55.9 Å². The van der Waals surface area contributed by atoms with E-state index in [1.807, 2.05) is 99.6 Å². The number of amides is 4. The maximum Gasteiger partial charge on any atom is 0.259 e. The van der Waals surface area contributed by atoms with E-state index in [0.717, 1.165) is 45.8 Å². The third kappa shape index (κ3) is 12.0. The fourth-order valence-electron chi connectivity index (χ4n) is 8.09. The number of thiocarbonyl (C=S) groups is 1. The van der Waals surface area contributed by atoms with Gasteiger partial charge in [0.2, 0.25) is 17.7 Å². The van der Waals surface area contributed by atoms with E-state index in [9.17, 15) is 19.2 Å². The fraction of sp³-hybridized carbons (Fsp3) is 0.460. The van der Waals surface area contributed by atoms with E-state index in [1.54, 1.807) is 42.2 Å². The summed E-state index contributed by atoms with van der Waals surface area (Å²) < 4.78 is 17.3. The van der Waals surface area contributed by atoms with Crippen molar-refractivity contribution in [1.29, 1.82) is 0 Å². The monoisotopic (exact) mass is 935 g/mol. The van der Waals surface area contributed by atoms with Crippen molar-refractivity contribution in [1.82, 2.24) is 20.5 Å². The predicted molar refractivity (Wildman–Crippen MR) is 262 cm³/mol. The number of benzene rings is 3. The van der Waals surface area contributed by atoms with Crippen LogP contribution in [-0.2, 0) is 35.2 Å². The van der Waals surface area contributed by atoms with E-state index in [4.69, 9.17) is 33.0 Å². The van der Waals surface area contributed by atoms with Crippen molar-refractivity contribution < 1.29 is 33.4 Å². The number of nitrogens with zero attached hydrogens (tertiary/aromatic N) is 5. The molecule has 2 aliphatic heterocycles. The smallest absolute Gasteiger partial charge is 0.259 e. The number of likely N-dealkylation sites (tertiary alicyclic amines) is 1. The summed E-state index contributed by atoms with van der Waals surface area (Å²) in [7, 11) is 0. The second-order valence-electron chi connectivity index (χ2n) is 18.1. The highest BCUT2D eigenvalue weighted by Gasteiger charge is 2.50. The Hall–Kier alpha value is -5.73. The summed E-state index contributed by atoms with van der Waals surface area (Å²) in [6.07, 6.45) is 2.81. The predicted octanol–water partition coefficient (Wildman–Crippen LogP) is 8.17. The van der Waals surface area contributed by atoms with Crippen LogP contribution in [0.2, 0.25) is 0 Å². The molecular weight excluding hydrogens is 875 g/mol. The Kier molecular flexibility index (Phi) is 16.7. The zero-order chi connectivity index (χ0) is 47.6. The van der Waals surface area contributed by atoms with Crippen molar-refractivity contribution in [3.63, 3.8) is 0 Å². The van der Waals surface area contributed by atoms with Crippen LogP contribution in [0.4, 0.5) is 17.1 Å². The molecule has 3 aromatic carbocycles. The number of aromatic nitrogens is 1. The zero-order valence-corrected chi connectivity index (χ0v) is 40.6. The lowest BCUT2D eigenvalue weighted by Gasteiger charge is -2.32. The summed E-state index contributed by atoms with van der Waals surface area (Å²) >= 11 is 7.41. The van der Waals surface area contributed by atoms with Gasteiger partial charge in [-0.25, -0.2) is 9.83 Å². The standard InChI is InChI=1S/C50H61N7O7S2/c1-33-26-42(45(59)52-28-36-12-14-37(15-13-36)44-35(3)54-32-66-44)55(29-33)46(60)49(4,5)31-53-43(58)30-63-24-11-23-62-22-9-10-25-64-40-19-16-38(17-20-40)57-48(65)56(47(61)50(57,6)7)39-18-21-41(51-8)34(2)27-39/h12-21,27,32-33,42H,9-11,22-26,28-31H2,1-7H3,(H,52,59)(H,53,58)/t33-,42+/m1/s1. The minimum atomic E-state index is -0.924. The summed E-state index contributed by atoms with van der Waals surface area (Å²) in [5.74, 6) is 0.0709. The summed E-state index contributed by atoms with van der Waals surface area (Å²) in [6.45, 7) is 23.2. The second kappa shape index (κ2) is 22.2. The minimum Gasteiger partial charge on any atom is -0.494 e. The number of carbonyl (C=O) groups excluding carboxylic acids is 4. The van der Waals surface area contributed by atoms with Gasteiger partial charge < -0.3 is 34.6 Å². The van der Waals surface area contributed by atoms with Gasteiger partial charge in [0, 0.05) is 50.8 Å². The third-order valence-electron chi connectivity index (χ3n) is 11.9. The molecular formula is C50H61N7O7S2. The number of aryl methyl sites for hydroxylation is 2. The van der Waals surface area contributed by atoms with Crippen molar-refractivity contribution >= 4 is 69.4 Å². The van der Waals surface area contributed by atoms with Crippen LogP contribution in [0.1, 0.15) is 77.1 Å². The first kappa shape index (κ1) is 49.7. The molecule has 0 aliphatic carbocycles. The first-order valence-corrected chi connectivity index (χ1v) is 23.7. The largest absolute Gasteiger partial charge is 0.494 e. The summed E-state index contributed by atoms with van der Waals surface area (Å²) in [6, 6.07) is 20.3. The molecule has 350 valence electrons. The molecule has 0 unspecified atom stereocenters. The lowest BCUT2D eigenvalue weighted by atomic mass is 9.91. The van der Waals surface area contributed by atoms with Crippen molar-refractivity contribution in [2.24, 2.45) is 11.3 Å². The molecule has 2 N–H and O–H groups in total. The molecule has 4 aromatic rings. The second-order valence-corrected chi connectivity index (χ2v) is 19.3. The molecule has 2 aliphatic rings. The van der Waals surface area contributed by atoms with Crippen LogP contribution >= 0.6 is 23.6 Å². The topological polar surface area (TPSA) is 147 Å². The Morgan fingerprint density at radius 2 is 1.62 bits per heavy atom. The lowest BCUT2D eigenvalue weighted by molar-refractivity contribution is -0.145. The number of hydrogen-bond acceptors (Lipinski definition) is 10. The maximum absolute atomic E-state index is 13.8. The van der Waals surface area contributed by atoms with Crippen LogP contribution in [-0.4, -0.2) is 96.3 Å². The van der Waals surface area contributed by atoms with Crippen LogP contribution in [0.15, 0.2) is 72.2 Å². The molecule has 4 amide bonds. The molecule has 16 heteroatoms. The van der Waals surface area contributed by atoms with Crippen LogP contribution in [0.5, 0.6) is 5.75 Å². The number of anilines is 2. The highest BCUT2D eigenvalue weighted by atomic mass is 32.1. The molecule has 3 heterocycles. The van der Waals surface area contributed by atoms with Crippen LogP contribution in [0, 0.1) is 31.8 Å². The van der Waals surface area contributed by atoms with E-state index >= 15 is 0 Å². The van der Waals surface area contributed by atoms with Gasteiger partial charge in [-0.05, 0) is 138 Å². The van der Waals surface area contributed by atoms with Gasteiger partial charge in [-0.15, -0.1) is 11.3 Å². The molecule has 0 radical (unpaired) electrons.